The summed E-state index contributed by atoms with van der Waals surface area (Å²) in [4.78, 5) is 10.6. The topological polar surface area (TPSA) is 74.7 Å². The van der Waals surface area contributed by atoms with Crippen LogP contribution in [0.25, 0.3) is 0 Å². The van der Waals surface area contributed by atoms with Crippen molar-refractivity contribution in [2.45, 2.75) is 38.4 Å². The molecule has 1 atom stereocenters. The molecule has 0 radical (unpaired) electrons. The molecule has 0 aromatic carbocycles. The molecule has 1 aliphatic rings. The zero-order valence-electron chi connectivity index (χ0n) is 9.72. The number of carboxylic acids is 1. The number of nitrogens with zero attached hydrogens (tertiary/aromatic N) is 1. The molecule has 1 aliphatic heterocycles. The van der Waals surface area contributed by atoms with Gasteiger partial charge in [-0.3, -0.25) is 4.79 Å². The van der Waals surface area contributed by atoms with Crippen molar-refractivity contribution < 1.29 is 18.3 Å². The fourth-order valence-corrected chi connectivity index (χ4v) is 3.37. The molecule has 1 fully saturated rings. The number of carbonyl (C=O) groups is 1. The van der Waals surface area contributed by atoms with E-state index in [-0.39, 0.29) is 12.3 Å². The van der Waals surface area contributed by atoms with Crippen molar-refractivity contribution in [1.29, 1.82) is 0 Å². The number of carboxylic acid groups (broad SMARTS) is 1. The first-order chi connectivity index (χ1) is 7.34. The van der Waals surface area contributed by atoms with Crippen LogP contribution in [0.3, 0.4) is 0 Å². The largest absolute Gasteiger partial charge is 0.481 e. The van der Waals surface area contributed by atoms with Gasteiger partial charge in [-0.1, -0.05) is 0 Å². The van der Waals surface area contributed by atoms with Crippen LogP contribution in [0.15, 0.2) is 0 Å². The Kier molecular flexibility index (Phi) is 4.32. The Hall–Kier alpha value is -0.620. The second-order valence-electron chi connectivity index (χ2n) is 4.56. The molecule has 0 saturated carbocycles. The first kappa shape index (κ1) is 13.4. The molecular formula is C10H19NO4S. The molecule has 6 heteroatoms. The van der Waals surface area contributed by atoms with Crippen molar-refractivity contribution in [2.24, 2.45) is 5.92 Å². The summed E-state index contributed by atoms with van der Waals surface area (Å²) in [5.41, 5.74) is 0. The van der Waals surface area contributed by atoms with E-state index < -0.39 is 21.2 Å². The van der Waals surface area contributed by atoms with E-state index in [1.54, 1.807) is 13.8 Å². The van der Waals surface area contributed by atoms with E-state index in [1.165, 1.54) is 4.31 Å². The summed E-state index contributed by atoms with van der Waals surface area (Å²) in [6.07, 6.45) is 1.62. The van der Waals surface area contributed by atoms with Crippen LogP contribution in [0.5, 0.6) is 0 Å². The Balaban J connectivity index is 2.67. The van der Waals surface area contributed by atoms with E-state index in [4.69, 9.17) is 5.11 Å². The molecule has 5 nitrogen and oxygen atoms in total. The van der Waals surface area contributed by atoms with Crippen LogP contribution in [0.2, 0.25) is 0 Å². The van der Waals surface area contributed by atoms with Gasteiger partial charge in [0.15, 0.2) is 0 Å². The average molecular weight is 249 g/mol. The molecule has 0 amide bonds. The van der Waals surface area contributed by atoms with Crippen molar-refractivity contribution in [1.82, 2.24) is 4.31 Å². The molecule has 0 aliphatic carbocycles. The van der Waals surface area contributed by atoms with Crippen molar-refractivity contribution in [3.63, 3.8) is 0 Å². The third-order valence-electron chi connectivity index (χ3n) is 2.90. The number of hydrogen-bond donors (Lipinski definition) is 1. The highest BCUT2D eigenvalue weighted by Gasteiger charge is 2.31. The number of hydrogen-bond acceptors (Lipinski definition) is 3. The third kappa shape index (κ3) is 3.18. The van der Waals surface area contributed by atoms with Gasteiger partial charge in [0, 0.05) is 19.5 Å². The van der Waals surface area contributed by atoms with Crippen LogP contribution in [0, 0.1) is 5.92 Å². The summed E-state index contributed by atoms with van der Waals surface area (Å²) >= 11 is 0. The minimum atomic E-state index is -3.23. The van der Waals surface area contributed by atoms with E-state index in [2.05, 4.69) is 0 Å². The van der Waals surface area contributed by atoms with Crippen LogP contribution in [-0.2, 0) is 14.8 Å². The highest BCUT2D eigenvalue weighted by Crippen LogP contribution is 2.23. The first-order valence-corrected chi connectivity index (χ1v) is 7.05. The molecule has 0 spiro atoms. The fourth-order valence-electron chi connectivity index (χ4n) is 1.97. The van der Waals surface area contributed by atoms with Crippen LogP contribution in [0.1, 0.15) is 33.1 Å². The summed E-state index contributed by atoms with van der Waals surface area (Å²) in [6, 6.07) is 0. The monoisotopic (exact) mass is 249 g/mol. The smallest absolute Gasteiger partial charge is 0.303 e. The zero-order valence-corrected chi connectivity index (χ0v) is 10.5. The molecular weight excluding hydrogens is 230 g/mol. The van der Waals surface area contributed by atoms with Crippen molar-refractivity contribution in [3.8, 4) is 0 Å². The molecule has 1 saturated heterocycles. The average Bonchev–Trinajstić information content (AvgIpc) is 2.16. The summed E-state index contributed by atoms with van der Waals surface area (Å²) in [6.45, 7) is 4.18. The quantitative estimate of drug-likeness (QED) is 0.803. The third-order valence-corrected chi connectivity index (χ3v) is 5.14. The Morgan fingerprint density at radius 1 is 1.50 bits per heavy atom. The molecule has 1 heterocycles. The van der Waals surface area contributed by atoms with Gasteiger partial charge in [-0.05, 0) is 32.6 Å². The van der Waals surface area contributed by atoms with Gasteiger partial charge >= 0.3 is 5.97 Å². The first-order valence-electron chi connectivity index (χ1n) is 5.54. The van der Waals surface area contributed by atoms with Gasteiger partial charge in [-0.25, -0.2) is 12.7 Å². The predicted octanol–water partition coefficient (Wildman–Crippen LogP) is 0.911. The van der Waals surface area contributed by atoms with E-state index in [1.807, 2.05) is 0 Å². The van der Waals surface area contributed by atoms with Crippen LogP contribution in [0.4, 0.5) is 0 Å². The predicted molar refractivity (Wildman–Crippen MR) is 60.6 cm³/mol. The summed E-state index contributed by atoms with van der Waals surface area (Å²) in [7, 11) is -3.23. The number of sulfonamides is 1. The fraction of sp³-hybridized carbons (Fsp3) is 0.900. The van der Waals surface area contributed by atoms with Crippen LogP contribution in [-0.4, -0.2) is 42.1 Å². The van der Waals surface area contributed by atoms with Gasteiger partial charge in [0.05, 0.1) is 5.25 Å². The lowest BCUT2D eigenvalue weighted by molar-refractivity contribution is -0.138. The highest BCUT2D eigenvalue weighted by molar-refractivity contribution is 7.89. The van der Waals surface area contributed by atoms with Crippen LogP contribution >= 0.6 is 0 Å². The van der Waals surface area contributed by atoms with Gasteiger partial charge in [0.25, 0.3) is 0 Å². The zero-order chi connectivity index (χ0) is 12.3. The van der Waals surface area contributed by atoms with Crippen LogP contribution < -0.4 is 0 Å². The molecule has 0 bridgehead atoms. The van der Waals surface area contributed by atoms with Gasteiger partial charge in [0.1, 0.15) is 0 Å². The second-order valence-corrected chi connectivity index (χ2v) is 7.05. The number of piperidine rings is 1. The normalized spacial score (nSPS) is 23.6. The maximum atomic E-state index is 11.9. The van der Waals surface area contributed by atoms with E-state index >= 15 is 0 Å². The molecule has 0 aromatic rings. The highest BCUT2D eigenvalue weighted by atomic mass is 32.2. The van der Waals surface area contributed by atoms with E-state index in [0.717, 1.165) is 12.8 Å². The minimum absolute atomic E-state index is 0.0419. The maximum Gasteiger partial charge on any atom is 0.303 e. The molecule has 1 N–H and O–H groups in total. The Morgan fingerprint density at radius 3 is 2.62 bits per heavy atom. The maximum absolute atomic E-state index is 11.9. The molecule has 94 valence electrons. The Labute approximate surface area is 96.5 Å². The number of aliphatic carboxylic acids is 1. The van der Waals surface area contributed by atoms with E-state index in [9.17, 15) is 13.2 Å². The minimum Gasteiger partial charge on any atom is -0.481 e. The van der Waals surface area contributed by atoms with Gasteiger partial charge < -0.3 is 5.11 Å². The van der Waals surface area contributed by atoms with Crippen molar-refractivity contribution >= 4 is 16.0 Å². The summed E-state index contributed by atoms with van der Waals surface area (Å²) < 4.78 is 25.2. The van der Waals surface area contributed by atoms with Crippen molar-refractivity contribution in [3.05, 3.63) is 0 Å². The molecule has 1 rings (SSSR count). The summed E-state index contributed by atoms with van der Waals surface area (Å²) in [5, 5.41) is 8.26. The second kappa shape index (κ2) is 5.14. The SMILES string of the molecule is CC(C)S(=O)(=O)N1CCCC(CC(=O)O)C1. The van der Waals surface area contributed by atoms with Gasteiger partial charge in [-0.15, -0.1) is 0 Å². The van der Waals surface area contributed by atoms with Gasteiger partial charge in [-0.2, -0.15) is 0 Å². The molecule has 1 unspecified atom stereocenters. The lowest BCUT2D eigenvalue weighted by Crippen LogP contribution is -2.43. The van der Waals surface area contributed by atoms with Gasteiger partial charge in [0.2, 0.25) is 10.0 Å². The summed E-state index contributed by atoms with van der Waals surface area (Å²) in [5.74, 6) is -0.895. The van der Waals surface area contributed by atoms with Crippen molar-refractivity contribution in [2.75, 3.05) is 13.1 Å². The lowest BCUT2D eigenvalue weighted by atomic mass is 9.96. The molecule has 0 aromatic heterocycles. The standard InChI is InChI=1S/C10H19NO4S/c1-8(2)16(14,15)11-5-3-4-9(7-11)6-10(12)13/h8-9H,3-7H2,1-2H3,(H,12,13). The molecule has 16 heavy (non-hydrogen) atoms. The Morgan fingerprint density at radius 2 is 2.12 bits per heavy atom. The van der Waals surface area contributed by atoms with E-state index in [0.29, 0.717) is 13.1 Å². The lowest BCUT2D eigenvalue weighted by Gasteiger charge is -2.32. The Bertz CT molecular complexity index is 350. The number of rotatable bonds is 4.